The Hall–Kier alpha value is -4.29. The molecule has 1 fully saturated rings. The molecule has 0 saturated carbocycles. The van der Waals surface area contributed by atoms with E-state index >= 15 is 0 Å². The van der Waals surface area contributed by atoms with E-state index in [9.17, 15) is 22.8 Å². The summed E-state index contributed by atoms with van der Waals surface area (Å²) in [7, 11) is 0. The predicted octanol–water partition coefficient (Wildman–Crippen LogP) is 3.90. The fourth-order valence-electron chi connectivity index (χ4n) is 5.32. The molecule has 0 radical (unpaired) electrons. The molecule has 1 aromatic carbocycles. The fourth-order valence-corrected chi connectivity index (χ4v) is 5.32. The molecule has 0 unspecified atom stereocenters. The SMILES string of the molecule is CC(=O)NC1(c2cc3c(N[C@H](C)c4cccc(C(F)F)c4F)ncnc3n3cnnc23)CCN(C(C)=O)CC1. The summed E-state index contributed by atoms with van der Waals surface area (Å²) in [6.45, 7) is 5.45. The van der Waals surface area contributed by atoms with Crippen LogP contribution in [0, 0.1) is 5.82 Å². The molecule has 4 heterocycles. The molecule has 3 aromatic heterocycles. The van der Waals surface area contributed by atoms with Crippen molar-refractivity contribution in [2.45, 2.75) is 51.6 Å². The molecule has 10 nitrogen and oxygen atoms in total. The lowest BCUT2D eigenvalue weighted by Gasteiger charge is -2.42. The molecule has 1 aliphatic heterocycles. The van der Waals surface area contributed by atoms with Gasteiger partial charge in [0.1, 0.15) is 24.3 Å². The summed E-state index contributed by atoms with van der Waals surface area (Å²) in [5.74, 6) is -0.927. The summed E-state index contributed by atoms with van der Waals surface area (Å²) >= 11 is 0. The maximum atomic E-state index is 14.9. The number of hydrogen-bond donors (Lipinski definition) is 2. The lowest BCUT2D eigenvalue weighted by molar-refractivity contribution is -0.131. The number of hydrogen-bond acceptors (Lipinski definition) is 7. The van der Waals surface area contributed by atoms with Gasteiger partial charge in [-0.2, -0.15) is 0 Å². The van der Waals surface area contributed by atoms with Crippen LogP contribution >= 0.6 is 0 Å². The average Bonchev–Trinajstić information content (AvgIpc) is 3.38. The third kappa shape index (κ3) is 4.72. The van der Waals surface area contributed by atoms with Crippen LogP contribution in [0.15, 0.2) is 36.9 Å². The first-order valence-corrected chi connectivity index (χ1v) is 12.5. The van der Waals surface area contributed by atoms with Crippen LogP contribution in [-0.4, -0.2) is 54.4 Å². The standard InChI is InChI=1S/C26H27F3N8O2/c1-14(17-5-4-6-18(21(17)27)22(28)29)33-23-19-11-20(25-35-32-13-37(25)24(19)31-12-30-23)26(34-15(2)38)7-9-36(10-8-26)16(3)39/h4-6,11-14,22H,7-10H2,1-3H3,(H,34,38)(H,30,31,33)/t14-/m1/s1. The van der Waals surface area contributed by atoms with Gasteiger partial charge in [-0.25, -0.2) is 23.1 Å². The quantitative estimate of drug-likeness (QED) is 0.381. The maximum absolute atomic E-state index is 14.9. The van der Waals surface area contributed by atoms with Crippen molar-refractivity contribution in [3.05, 3.63) is 59.4 Å². The molecule has 4 aromatic rings. The first kappa shape index (κ1) is 26.3. The number of anilines is 1. The van der Waals surface area contributed by atoms with Gasteiger partial charge in [0.25, 0.3) is 6.43 Å². The summed E-state index contributed by atoms with van der Waals surface area (Å²) in [5, 5.41) is 15.1. The normalized spacial score (nSPS) is 16.0. The van der Waals surface area contributed by atoms with Crippen molar-refractivity contribution < 1.29 is 22.8 Å². The number of pyridine rings is 1. The number of carbonyl (C=O) groups excluding carboxylic acids is 2. The van der Waals surface area contributed by atoms with E-state index in [1.807, 2.05) is 6.07 Å². The minimum absolute atomic E-state index is 0.0467. The highest BCUT2D eigenvalue weighted by molar-refractivity contribution is 5.90. The summed E-state index contributed by atoms with van der Waals surface area (Å²) in [6, 6.07) is 4.99. The number of nitrogens with one attached hydrogen (secondary N) is 2. The van der Waals surface area contributed by atoms with Crippen LogP contribution < -0.4 is 10.6 Å². The van der Waals surface area contributed by atoms with Crippen molar-refractivity contribution in [2.24, 2.45) is 0 Å². The van der Waals surface area contributed by atoms with Gasteiger partial charge in [0.2, 0.25) is 11.8 Å². The molecule has 1 aliphatic rings. The van der Waals surface area contributed by atoms with Gasteiger partial charge in [0.05, 0.1) is 22.5 Å². The molecule has 2 amide bonds. The molecule has 1 atom stereocenters. The van der Waals surface area contributed by atoms with Crippen LogP contribution in [0.5, 0.6) is 0 Å². The van der Waals surface area contributed by atoms with Crippen LogP contribution in [0.2, 0.25) is 0 Å². The van der Waals surface area contributed by atoms with Crippen molar-refractivity contribution in [1.82, 2.24) is 34.8 Å². The second-order valence-corrected chi connectivity index (χ2v) is 9.73. The number of piperidine rings is 1. The zero-order chi connectivity index (χ0) is 27.9. The number of rotatable bonds is 6. The predicted molar refractivity (Wildman–Crippen MR) is 136 cm³/mol. The van der Waals surface area contributed by atoms with E-state index in [1.54, 1.807) is 16.2 Å². The lowest BCUT2D eigenvalue weighted by atomic mass is 9.80. The van der Waals surface area contributed by atoms with Crippen molar-refractivity contribution in [2.75, 3.05) is 18.4 Å². The summed E-state index contributed by atoms with van der Waals surface area (Å²) < 4.78 is 43.2. The van der Waals surface area contributed by atoms with E-state index < -0.39 is 29.4 Å². The highest BCUT2D eigenvalue weighted by atomic mass is 19.3. The number of benzene rings is 1. The molecule has 39 heavy (non-hydrogen) atoms. The Labute approximate surface area is 221 Å². The maximum Gasteiger partial charge on any atom is 0.266 e. The molecule has 1 saturated heterocycles. The van der Waals surface area contributed by atoms with Crippen molar-refractivity contribution in [3.63, 3.8) is 0 Å². The van der Waals surface area contributed by atoms with Crippen molar-refractivity contribution >= 4 is 34.3 Å². The summed E-state index contributed by atoms with van der Waals surface area (Å²) in [5.41, 5.74) is 0.164. The van der Waals surface area contributed by atoms with E-state index in [0.29, 0.717) is 54.0 Å². The first-order chi connectivity index (χ1) is 18.6. The number of halogens is 3. The summed E-state index contributed by atoms with van der Waals surface area (Å²) in [6.07, 6.45) is 0.773. The second-order valence-electron chi connectivity index (χ2n) is 9.73. The number of likely N-dealkylation sites (tertiary alicyclic amines) is 1. The monoisotopic (exact) mass is 540 g/mol. The van der Waals surface area contributed by atoms with Gasteiger partial charge >= 0.3 is 0 Å². The molecule has 0 aliphatic carbocycles. The number of nitrogens with zero attached hydrogens (tertiary/aromatic N) is 6. The van der Waals surface area contributed by atoms with Crippen LogP contribution in [0.3, 0.4) is 0 Å². The third-order valence-corrected chi connectivity index (χ3v) is 7.27. The smallest absolute Gasteiger partial charge is 0.266 e. The Morgan fingerprint density at radius 1 is 1.08 bits per heavy atom. The largest absolute Gasteiger partial charge is 0.363 e. The Kier molecular flexibility index (Phi) is 6.83. The van der Waals surface area contributed by atoms with Crippen LogP contribution in [0.25, 0.3) is 16.7 Å². The van der Waals surface area contributed by atoms with E-state index in [4.69, 9.17) is 0 Å². The number of carbonyl (C=O) groups is 2. The van der Waals surface area contributed by atoms with E-state index in [2.05, 4.69) is 30.8 Å². The number of fused-ring (bicyclic) bond motifs is 3. The summed E-state index contributed by atoms with van der Waals surface area (Å²) in [4.78, 5) is 34.8. The Morgan fingerprint density at radius 2 is 1.79 bits per heavy atom. The van der Waals surface area contributed by atoms with Gasteiger partial charge in [0, 0.05) is 38.1 Å². The van der Waals surface area contributed by atoms with Gasteiger partial charge < -0.3 is 15.5 Å². The zero-order valence-electron chi connectivity index (χ0n) is 21.6. The van der Waals surface area contributed by atoms with Gasteiger partial charge in [-0.15, -0.1) is 10.2 Å². The molecule has 0 spiro atoms. The fraction of sp³-hybridized carbons (Fsp3) is 0.385. The van der Waals surface area contributed by atoms with Crippen LogP contribution in [-0.2, 0) is 15.1 Å². The highest BCUT2D eigenvalue weighted by Crippen LogP contribution is 2.38. The molecule has 2 N–H and O–H groups in total. The van der Waals surface area contributed by atoms with Gasteiger partial charge in [-0.1, -0.05) is 18.2 Å². The Bertz CT molecular complexity index is 1570. The van der Waals surface area contributed by atoms with Gasteiger partial charge in [-0.3, -0.25) is 14.0 Å². The molecule has 5 rings (SSSR count). The van der Waals surface area contributed by atoms with E-state index in [0.717, 1.165) is 6.07 Å². The second kappa shape index (κ2) is 10.1. The van der Waals surface area contributed by atoms with Crippen molar-refractivity contribution in [1.29, 1.82) is 0 Å². The number of alkyl halides is 2. The molecular formula is C26H27F3N8O2. The van der Waals surface area contributed by atoms with Crippen LogP contribution in [0.4, 0.5) is 19.0 Å². The van der Waals surface area contributed by atoms with E-state index in [-0.39, 0.29) is 17.4 Å². The minimum Gasteiger partial charge on any atom is -0.363 e. The third-order valence-electron chi connectivity index (χ3n) is 7.27. The molecule has 13 heteroatoms. The zero-order valence-corrected chi connectivity index (χ0v) is 21.6. The van der Waals surface area contributed by atoms with E-state index in [1.165, 1.54) is 38.6 Å². The molecule has 204 valence electrons. The highest BCUT2D eigenvalue weighted by Gasteiger charge is 2.40. The number of amides is 2. The Morgan fingerprint density at radius 3 is 2.46 bits per heavy atom. The van der Waals surface area contributed by atoms with Crippen LogP contribution in [0.1, 0.15) is 62.8 Å². The molecule has 0 bridgehead atoms. The Balaban J connectivity index is 1.62. The lowest BCUT2D eigenvalue weighted by Crippen LogP contribution is -2.53. The minimum atomic E-state index is -2.94. The van der Waals surface area contributed by atoms with Crippen molar-refractivity contribution in [3.8, 4) is 0 Å². The topological polar surface area (TPSA) is 117 Å². The first-order valence-electron chi connectivity index (χ1n) is 12.5. The number of aromatic nitrogens is 5. The van der Waals surface area contributed by atoms with Gasteiger partial charge in [0.15, 0.2) is 11.3 Å². The molecular weight excluding hydrogens is 513 g/mol. The van der Waals surface area contributed by atoms with Gasteiger partial charge in [-0.05, 0) is 25.8 Å². The average molecular weight is 541 g/mol.